The first-order valence-corrected chi connectivity index (χ1v) is 6.79. The molecule has 1 aliphatic carbocycles. The average Bonchev–Trinajstić information content (AvgIpc) is 2.90. The zero-order valence-corrected chi connectivity index (χ0v) is 11.2. The molecule has 1 saturated carbocycles. The number of nitrogens with zero attached hydrogens (tertiary/aromatic N) is 2. The largest absolute Gasteiger partial charge is 0.433 e. The van der Waals surface area contributed by atoms with Gasteiger partial charge in [0.05, 0.1) is 5.60 Å². The molecule has 3 rings (SSSR count). The Hall–Kier alpha value is -1.30. The summed E-state index contributed by atoms with van der Waals surface area (Å²) in [7, 11) is 0. The van der Waals surface area contributed by atoms with Crippen molar-refractivity contribution in [3.63, 3.8) is 0 Å². The van der Waals surface area contributed by atoms with Crippen molar-refractivity contribution in [3.8, 4) is 0 Å². The van der Waals surface area contributed by atoms with Crippen LogP contribution in [0.5, 0.6) is 0 Å². The molecule has 1 aromatic heterocycles. The predicted molar refractivity (Wildman–Crippen MR) is 68.3 cm³/mol. The zero-order chi connectivity index (χ0) is 14.5. The maximum Gasteiger partial charge on any atom is 0.433 e. The monoisotopic (exact) mass is 286 g/mol. The van der Waals surface area contributed by atoms with E-state index < -0.39 is 17.5 Å². The van der Waals surface area contributed by atoms with Gasteiger partial charge >= 0.3 is 6.18 Å². The van der Waals surface area contributed by atoms with Crippen molar-refractivity contribution in [2.45, 2.75) is 31.5 Å². The Morgan fingerprint density at radius 3 is 2.75 bits per heavy atom. The van der Waals surface area contributed by atoms with Crippen LogP contribution >= 0.6 is 0 Å². The Morgan fingerprint density at radius 2 is 2.10 bits per heavy atom. The molecule has 3 nitrogen and oxygen atoms in total. The predicted octanol–water partition coefficient (Wildman–Crippen LogP) is 2.70. The van der Waals surface area contributed by atoms with Crippen molar-refractivity contribution in [3.05, 3.63) is 23.9 Å². The molecule has 2 aliphatic rings. The van der Waals surface area contributed by atoms with Gasteiger partial charge in [-0.1, -0.05) is 6.07 Å². The summed E-state index contributed by atoms with van der Waals surface area (Å²) in [4.78, 5) is 5.58. The standard InChI is InChI=1S/C14H17F3N2O/c1-13(20)6-5-9-7-19(8-10(9)13)12-4-2-3-11(18-12)14(15,16)17/h2-4,9-10,20H,5-8H2,1H3/t9-,10+,13-/m1/s1. The minimum absolute atomic E-state index is 0.124. The van der Waals surface area contributed by atoms with E-state index in [1.54, 1.807) is 6.07 Å². The summed E-state index contributed by atoms with van der Waals surface area (Å²) >= 11 is 0. The van der Waals surface area contributed by atoms with Crippen molar-refractivity contribution >= 4 is 5.82 Å². The molecular weight excluding hydrogens is 269 g/mol. The summed E-state index contributed by atoms with van der Waals surface area (Å²) in [5.41, 5.74) is -1.57. The molecular formula is C14H17F3N2O. The normalized spacial score (nSPS) is 33.5. The average molecular weight is 286 g/mol. The summed E-state index contributed by atoms with van der Waals surface area (Å²) in [6.07, 6.45) is -2.73. The van der Waals surface area contributed by atoms with Gasteiger partial charge in [0, 0.05) is 19.0 Å². The van der Waals surface area contributed by atoms with E-state index in [4.69, 9.17) is 0 Å². The Morgan fingerprint density at radius 1 is 1.35 bits per heavy atom. The number of halogens is 3. The van der Waals surface area contributed by atoms with Crippen LogP contribution in [0.2, 0.25) is 0 Å². The summed E-state index contributed by atoms with van der Waals surface area (Å²) in [5.74, 6) is 0.824. The number of rotatable bonds is 1. The first kappa shape index (κ1) is 13.7. The van der Waals surface area contributed by atoms with Gasteiger partial charge in [0.1, 0.15) is 11.5 Å². The van der Waals surface area contributed by atoms with Crippen LogP contribution in [0.15, 0.2) is 18.2 Å². The number of hydrogen-bond donors (Lipinski definition) is 1. The highest BCUT2D eigenvalue weighted by Gasteiger charge is 2.49. The van der Waals surface area contributed by atoms with Crippen LogP contribution in [0.1, 0.15) is 25.5 Å². The van der Waals surface area contributed by atoms with E-state index in [2.05, 4.69) is 4.98 Å². The summed E-state index contributed by atoms with van der Waals surface area (Å²) < 4.78 is 38.1. The number of alkyl halides is 3. The van der Waals surface area contributed by atoms with Crippen LogP contribution in [0.3, 0.4) is 0 Å². The van der Waals surface area contributed by atoms with Crippen LogP contribution in [0.4, 0.5) is 19.0 Å². The number of aromatic nitrogens is 1. The second kappa shape index (κ2) is 4.35. The van der Waals surface area contributed by atoms with Crippen molar-refractivity contribution in [1.82, 2.24) is 4.98 Å². The lowest BCUT2D eigenvalue weighted by atomic mass is 9.90. The van der Waals surface area contributed by atoms with Gasteiger partial charge < -0.3 is 10.0 Å². The molecule has 2 fully saturated rings. The van der Waals surface area contributed by atoms with Crippen LogP contribution in [-0.2, 0) is 6.18 Å². The van der Waals surface area contributed by atoms with E-state index in [1.807, 2.05) is 11.8 Å². The first-order valence-electron chi connectivity index (χ1n) is 6.79. The maximum atomic E-state index is 12.7. The van der Waals surface area contributed by atoms with Gasteiger partial charge in [-0.3, -0.25) is 0 Å². The SMILES string of the molecule is C[C@@]1(O)CC[C@@H]2CN(c3cccc(C(F)(F)F)n3)C[C@@H]21. The minimum Gasteiger partial charge on any atom is -0.390 e. The topological polar surface area (TPSA) is 36.4 Å². The van der Waals surface area contributed by atoms with Crippen LogP contribution < -0.4 is 4.90 Å². The summed E-state index contributed by atoms with van der Waals surface area (Å²) in [6, 6.07) is 3.97. The molecule has 0 unspecified atom stereocenters. The molecule has 0 spiro atoms. The van der Waals surface area contributed by atoms with Crippen LogP contribution in [0.25, 0.3) is 0 Å². The van der Waals surface area contributed by atoms with Gasteiger partial charge in [0.2, 0.25) is 0 Å². The molecule has 1 saturated heterocycles. The van der Waals surface area contributed by atoms with E-state index in [1.165, 1.54) is 6.07 Å². The highest BCUT2D eigenvalue weighted by atomic mass is 19.4. The third-order valence-electron chi connectivity index (χ3n) is 4.61. The Labute approximate surface area is 115 Å². The van der Waals surface area contributed by atoms with Crippen molar-refractivity contribution in [2.24, 2.45) is 11.8 Å². The quantitative estimate of drug-likeness (QED) is 0.862. The molecule has 0 aromatic carbocycles. The minimum atomic E-state index is -4.42. The van der Waals surface area contributed by atoms with Crippen molar-refractivity contribution in [2.75, 3.05) is 18.0 Å². The number of fused-ring (bicyclic) bond motifs is 1. The molecule has 20 heavy (non-hydrogen) atoms. The van der Waals surface area contributed by atoms with E-state index in [0.717, 1.165) is 18.9 Å². The lowest BCUT2D eigenvalue weighted by Gasteiger charge is -2.26. The fourth-order valence-corrected chi connectivity index (χ4v) is 3.48. The molecule has 1 N–H and O–H groups in total. The Bertz CT molecular complexity index is 515. The van der Waals surface area contributed by atoms with Gasteiger partial charge in [-0.2, -0.15) is 13.2 Å². The maximum absolute atomic E-state index is 12.7. The summed E-state index contributed by atoms with van der Waals surface area (Å²) in [5, 5.41) is 10.3. The van der Waals surface area contributed by atoms with Gasteiger partial charge in [0.25, 0.3) is 0 Å². The zero-order valence-electron chi connectivity index (χ0n) is 11.2. The number of anilines is 1. The first-order chi connectivity index (χ1) is 9.27. The van der Waals surface area contributed by atoms with Crippen LogP contribution in [-0.4, -0.2) is 28.8 Å². The summed E-state index contributed by atoms with van der Waals surface area (Å²) in [6.45, 7) is 3.07. The molecule has 110 valence electrons. The lowest BCUT2D eigenvalue weighted by molar-refractivity contribution is -0.141. The molecule has 3 atom stereocenters. The Kier molecular flexibility index (Phi) is 2.97. The molecule has 1 aromatic rings. The number of aliphatic hydroxyl groups is 1. The van der Waals surface area contributed by atoms with Crippen molar-refractivity contribution < 1.29 is 18.3 Å². The van der Waals surface area contributed by atoms with E-state index >= 15 is 0 Å². The molecule has 2 heterocycles. The van der Waals surface area contributed by atoms with Crippen LogP contribution in [0, 0.1) is 11.8 Å². The molecule has 6 heteroatoms. The molecule has 0 bridgehead atoms. The highest BCUT2D eigenvalue weighted by molar-refractivity contribution is 5.42. The Balaban J connectivity index is 1.82. The second-order valence-corrected chi connectivity index (χ2v) is 6.05. The van der Waals surface area contributed by atoms with Gasteiger partial charge in [-0.05, 0) is 37.8 Å². The van der Waals surface area contributed by atoms with Crippen molar-refractivity contribution in [1.29, 1.82) is 0 Å². The third-order valence-corrected chi connectivity index (χ3v) is 4.61. The van der Waals surface area contributed by atoms with E-state index in [0.29, 0.717) is 24.8 Å². The van der Waals surface area contributed by atoms with Gasteiger partial charge in [0.15, 0.2) is 0 Å². The number of pyridine rings is 1. The van der Waals surface area contributed by atoms with Gasteiger partial charge in [-0.25, -0.2) is 4.98 Å². The molecule has 0 amide bonds. The number of hydrogen-bond acceptors (Lipinski definition) is 3. The smallest absolute Gasteiger partial charge is 0.390 e. The van der Waals surface area contributed by atoms with E-state index in [9.17, 15) is 18.3 Å². The van der Waals surface area contributed by atoms with Gasteiger partial charge in [-0.15, -0.1) is 0 Å². The molecule has 1 aliphatic heterocycles. The fraction of sp³-hybridized carbons (Fsp3) is 0.643. The lowest BCUT2D eigenvalue weighted by Crippen LogP contribution is -2.34. The third kappa shape index (κ3) is 2.26. The van der Waals surface area contributed by atoms with E-state index in [-0.39, 0.29) is 5.92 Å². The second-order valence-electron chi connectivity index (χ2n) is 6.05. The fourth-order valence-electron chi connectivity index (χ4n) is 3.48. The highest BCUT2D eigenvalue weighted by Crippen LogP contribution is 2.45. The molecule has 0 radical (unpaired) electrons.